The zero-order valence-corrected chi connectivity index (χ0v) is 16.9. The first-order valence-electron chi connectivity index (χ1n) is 8.78. The maximum atomic E-state index is 12.4. The summed E-state index contributed by atoms with van der Waals surface area (Å²) in [5, 5.41) is 0. The molecule has 2 rings (SSSR count). The zero-order chi connectivity index (χ0) is 19.0. The van der Waals surface area contributed by atoms with Crippen molar-refractivity contribution in [2.45, 2.75) is 37.4 Å². The molecule has 0 bridgehead atoms. The number of ether oxygens (including phenoxy) is 1. The van der Waals surface area contributed by atoms with Crippen molar-refractivity contribution < 1.29 is 9.53 Å². The van der Waals surface area contributed by atoms with Gasteiger partial charge in [-0.3, -0.25) is 4.79 Å². The first-order valence-corrected chi connectivity index (χ1v) is 9.70. The van der Waals surface area contributed by atoms with E-state index in [4.69, 9.17) is 11.2 Å². The smallest absolute Gasteiger partial charge is 0.312 e. The average molecular weight is 413 g/mol. The Hall–Kier alpha value is -2.05. The second kappa shape index (κ2) is 9.59. The molecular weight excluding hydrogens is 388 g/mol. The van der Waals surface area contributed by atoms with Gasteiger partial charge in [-0.25, -0.2) is 0 Å². The standard InChI is InChI=1S/C23H25BrO2/c1-4-15-26-22(25)23(2,3)17-20(18-11-7-5-8-12-18)16-21(24)19-13-9-6-10-14-19/h1,5-14,20-21H,15-17H2,2-3H3. The van der Waals surface area contributed by atoms with Crippen LogP contribution in [0.15, 0.2) is 60.7 Å². The van der Waals surface area contributed by atoms with E-state index in [0.29, 0.717) is 6.42 Å². The van der Waals surface area contributed by atoms with Gasteiger partial charge in [0, 0.05) is 4.83 Å². The summed E-state index contributed by atoms with van der Waals surface area (Å²) < 4.78 is 5.20. The molecular formula is C23H25BrO2. The summed E-state index contributed by atoms with van der Waals surface area (Å²) in [5.74, 6) is 2.33. The van der Waals surface area contributed by atoms with Crippen molar-refractivity contribution in [1.29, 1.82) is 0 Å². The molecule has 0 aromatic heterocycles. The van der Waals surface area contributed by atoms with E-state index in [1.54, 1.807) is 0 Å². The molecule has 2 unspecified atom stereocenters. The van der Waals surface area contributed by atoms with Crippen LogP contribution in [0.3, 0.4) is 0 Å². The van der Waals surface area contributed by atoms with E-state index < -0.39 is 5.41 Å². The predicted octanol–water partition coefficient (Wildman–Crippen LogP) is 5.89. The van der Waals surface area contributed by atoms with Crippen molar-refractivity contribution in [3.8, 4) is 12.3 Å². The Bertz CT molecular complexity index is 732. The number of carbonyl (C=O) groups excluding carboxylic acids is 1. The molecule has 2 nitrogen and oxygen atoms in total. The van der Waals surface area contributed by atoms with Gasteiger partial charge in [-0.15, -0.1) is 6.42 Å². The molecule has 0 radical (unpaired) electrons. The van der Waals surface area contributed by atoms with Crippen LogP contribution in [0, 0.1) is 17.8 Å². The van der Waals surface area contributed by atoms with Crippen molar-refractivity contribution in [1.82, 2.24) is 0 Å². The zero-order valence-electron chi connectivity index (χ0n) is 15.3. The lowest BCUT2D eigenvalue weighted by atomic mass is 9.77. The molecule has 2 atom stereocenters. The number of terminal acetylenes is 1. The molecule has 136 valence electrons. The lowest BCUT2D eigenvalue weighted by molar-refractivity contribution is -0.153. The third-order valence-corrected chi connectivity index (χ3v) is 5.42. The fourth-order valence-electron chi connectivity index (χ4n) is 3.11. The van der Waals surface area contributed by atoms with Crippen LogP contribution in [-0.4, -0.2) is 12.6 Å². The largest absolute Gasteiger partial charge is 0.452 e. The van der Waals surface area contributed by atoms with Crippen molar-refractivity contribution in [2.24, 2.45) is 5.41 Å². The Morgan fingerprint density at radius 2 is 1.62 bits per heavy atom. The van der Waals surface area contributed by atoms with Gasteiger partial charge < -0.3 is 4.74 Å². The second-order valence-corrected chi connectivity index (χ2v) is 8.20. The number of benzene rings is 2. The van der Waals surface area contributed by atoms with Crippen LogP contribution in [0.1, 0.15) is 48.6 Å². The summed E-state index contributed by atoms with van der Waals surface area (Å²) in [6.07, 6.45) is 6.79. The van der Waals surface area contributed by atoms with E-state index in [2.05, 4.69) is 46.1 Å². The Labute approximate surface area is 165 Å². The third kappa shape index (κ3) is 5.75. The molecule has 0 aliphatic rings. The van der Waals surface area contributed by atoms with Gasteiger partial charge in [-0.1, -0.05) is 82.5 Å². The third-order valence-electron chi connectivity index (χ3n) is 4.52. The van der Waals surface area contributed by atoms with E-state index >= 15 is 0 Å². The lowest BCUT2D eigenvalue weighted by Gasteiger charge is -2.29. The summed E-state index contributed by atoms with van der Waals surface area (Å²) in [5.41, 5.74) is 1.85. The Balaban J connectivity index is 2.19. The summed E-state index contributed by atoms with van der Waals surface area (Å²) in [4.78, 5) is 12.6. The second-order valence-electron chi connectivity index (χ2n) is 7.09. The van der Waals surface area contributed by atoms with Crippen LogP contribution in [0.2, 0.25) is 0 Å². The van der Waals surface area contributed by atoms with E-state index in [1.807, 2.05) is 50.2 Å². The van der Waals surface area contributed by atoms with Gasteiger partial charge in [-0.05, 0) is 43.7 Å². The molecule has 26 heavy (non-hydrogen) atoms. The van der Waals surface area contributed by atoms with Gasteiger partial charge in [0.15, 0.2) is 6.61 Å². The van der Waals surface area contributed by atoms with Crippen molar-refractivity contribution in [2.75, 3.05) is 6.61 Å². The summed E-state index contributed by atoms with van der Waals surface area (Å²) in [6, 6.07) is 20.7. The highest BCUT2D eigenvalue weighted by Crippen LogP contribution is 2.41. The van der Waals surface area contributed by atoms with Gasteiger partial charge in [-0.2, -0.15) is 0 Å². The van der Waals surface area contributed by atoms with E-state index in [9.17, 15) is 4.79 Å². The van der Waals surface area contributed by atoms with Gasteiger partial charge >= 0.3 is 5.97 Å². The van der Waals surface area contributed by atoms with E-state index in [1.165, 1.54) is 11.1 Å². The minimum Gasteiger partial charge on any atom is -0.452 e. The highest BCUT2D eigenvalue weighted by atomic mass is 79.9. The SMILES string of the molecule is C#CCOC(=O)C(C)(C)CC(CC(Br)c1ccccc1)c1ccccc1. The molecule has 0 amide bonds. The molecule has 0 saturated carbocycles. The number of halogens is 1. The quantitative estimate of drug-likeness (QED) is 0.307. The molecule has 0 aliphatic carbocycles. The minimum atomic E-state index is -0.610. The van der Waals surface area contributed by atoms with Crippen LogP contribution < -0.4 is 0 Å². The first-order chi connectivity index (χ1) is 12.4. The molecule has 0 fully saturated rings. The Morgan fingerprint density at radius 1 is 1.08 bits per heavy atom. The maximum absolute atomic E-state index is 12.4. The van der Waals surface area contributed by atoms with E-state index in [-0.39, 0.29) is 23.3 Å². The van der Waals surface area contributed by atoms with Gasteiger partial charge in [0.2, 0.25) is 0 Å². The van der Waals surface area contributed by atoms with Gasteiger partial charge in [0.25, 0.3) is 0 Å². The lowest BCUT2D eigenvalue weighted by Crippen LogP contribution is -2.29. The summed E-state index contributed by atoms with van der Waals surface area (Å²) in [6.45, 7) is 3.87. The topological polar surface area (TPSA) is 26.3 Å². The molecule has 0 aliphatic heterocycles. The first kappa shape index (κ1) is 20.3. The van der Waals surface area contributed by atoms with Crippen LogP contribution in [0.5, 0.6) is 0 Å². The minimum absolute atomic E-state index is 0.0172. The molecule has 0 saturated heterocycles. The highest BCUT2D eigenvalue weighted by Gasteiger charge is 2.33. The molecule has 0 N–H and O–H groups in total. The monoisotopic (exact) mass is 412 g/mol. The number of alkyl halides is 1. The molecule has 3 heteroatoms. The van der Waals surface area contributed by atoms with Gasteiger partial charge in [0.1, 0.15) is 0 Å². The van der Waals surface area contributed by atoms with Crippen LogP contribution in [-0.2, 0) is 9.53 Å². The van der Waals surface area contributed by atoms with Crippen molar-refractivity contribution in [3.63, 3.8) is 0 Å². The van der Waals surface area contributed by atoms with Crippen molar-refractivity contribution in [3.05, 3.63) is 71.8 Å². The molecule has 2 aromatic rings. The number of rotatable bonds is 8. The highest BCUT2D eigenvalue weighted by molar-refractivity contribution is 9.09. The number of hydrogen-bond donors (Lipinski definition) is 0. The normalized spacial score (nSPS) is 13.5. The fourth-order valence-corrected chi connectivity index (χ4v) is 3.87. The van der Waals surface area contributed by atoms with Crippen LogP contribution in [0.25, 0.3) is 0 Å². The number of esters is 1. The Morgan fingerprint density at radius 3 is 2.15 bits per heavy atom. The molecule has 0 spiro atoms. The van der Waals surface area contributed by atoms with Gasteiger partial charge in [0.05, 0.1) is 5.41 Å². The molecule has 2 aromatic carbocycles. The van der Waals surface area contributed by atoms with Crippen molar-refractivity contribution >= 4 is 21.9 Å². The number of carbonyl (C=O) groups is 1. The average Bonchev–Trinajstić information content (AvgIpc) is 2.66. The summed E-state index contributed by atoms with van der Waals surface area (Å²) in [7, 11) is 0. The molecule has 0 heterocycles. The number of hydrogen-bond acceptors (Lipinski definition) is 2. The summed E-state index contributed by atoms with van der Waals surface area (Å²) >= 11 is 3.83. The van der Waals surface area contributed by atoms with Crippen LogP contribution >= 0.6 is 15.9 Å². The predicted molar refractivity (Wildman–Crippen MR) is 110 cm³/mol. The fraction of sp³-hybridized carbons (Fsp3) is 0.348. The van der Waals surface area contributed by atoms with E-state index in [0.717, 1.165) is 6.42 Å². The maximum Gasteiger partial charge on any atom is 0.312 e. The Kier molecular flexibility index (Phi) is 7.48. The van der Waals surface area contributed by atoms with Crippen LogP contribution in [0.4, 0.5) is 0 Å².